The van der Waals surface area contributed by atoms with E-state index in [1.807, 2.05) is 13.8 Å². The molecule has 0 aliphatic carbocycles. The highest BCUT2D eigenvalue weighted by molar-refractivity contribution is 7.87. The minimum Gasteiger partial charge on any atom is -0.478 e. The van der Waals surface area contributed by atoms with Crippen LogP contribution in [0.5, 0.6) is 0 Å². The van der Waals surface area contributed by atoms with Crippen molar-refractivity contribution in [3.63, 3.8) is 0 Å². The molecular weight excluding hydrogens is 741 g/mol. The number of aromatic carboxylic acids is 1. The Kier molecular flexibility index (Phi) is 10.4. The fraction of sp³-hybridized carbons (Fsp3) is 0.400. The summed E-state index contributed by atoms with van der Waals surface area (Å²) >= 11 is 0. The molecule has 274 valence electrons. The minimum absolute atomic E-state index is 0.00581. The summed E-state index contributed by atoms with van der Waals surface area (Å²) in [5.41, 5.74) is -0.143. The molecule has 0 aromatic heterocycles. The van der Waals surface area contributed by atoms with Crippen molar-refractivity contribution in [2.45, 2.75) is 61.2 Å². The number of benzene rings is 2. The summed E-state index contributed by atoms with van der Waals surface area (Å²) in [6.07, 6.45) is 4.56. The van der Waals surface area contributed by atoms with E-state index >= 15 is 0 Å². The first-order chi connectivity index (χ1) is 22.7. The largest absolute Gasteiger partial charge is 0.478 e. The van der Waals surface area contributed by atoms with Gasteiger partial charge in [0.2, 0.25) is 5.69 Å². The molecule has 5 N–H and O–H groups in total. The fourth-order valence-corrected chi connectivity index (χ4v) is 8.98. The first-order valence-corrected chi connectivity index (χ1v) is 21.0. The van der Waals surface area contributed by atoms with E-state index in [-0.39, 0.29) is 42.7 Å². The van der Waals surface area contributed by atoms with E-state index in [9.17, 15) is 61.8 Å². The van der Waals surface area contributed by atoms with E-state index in [4.69, 9.17) is 0 Å². The Hall–Kier alpha value is -3.50. The third kappa shape index (κ3) is 8.17. The van der Waals surface area contributed by atoms with E-state index in [0.29, 0.717) is 28.7 Å². The second-order valence-electron chi connectivity index (χ2n) is 12.9. The van der Waals surface area contributed by atoms with Crippen molar-refractivity contribution < 1.29 is 66.4 Å². The molecule has 0 fully saturated rings. The highest BCUT2D eigenvalue weighted by Gasteiger charge is 2.46. The van der Waals surface area contributed by atoms with Crippen LogP contribution in [0.25, 0.3) is 0 Å². The molecule has 2 aromatic rings. The summed E-state index contributed by atoms with van der Waals surface area (Å²) in [7, 11) is -18.8. The molecule has 20 heteroatoms. The summed E-state index contributed by atoms with van der Waals surface area (Å²) in [5, 5.41) is 9.61. The average molecular weight is 778 g/mol. The fourth-order valence-electron chi connectivity index (χ4n) is 6.49. The smallest absolute Gasteiger partial charge is 0.335 e. The number of hydrogen-bond acceptors (Lipinski definition) is 10. The second kappa shape index (κ2) is 13.2. The second-order valence-corrected chi connectivity index (χ2v) is 18.9. The van der Waals surface area contributed by atoms with Crippen LogP contribution in [0.4, 0.5) is 11.4 Å². The van der Waals surface area contributed by atoms with Gasteiger partial charge in [0.25, 0.3) is 40.5 Å². The van der Waals surface area contributed by atoms with Crippen LogP contribution in [0, 0.1) is 0 Å². The van der Waals surface area contributed by atoms with Crippen molar-refractivity contribution in [3.05, 3.63) is 70.9 Å². The van der Waals surface area contributed by atoms with Crippen molar-refractivity contribution >= 4 is 63.5 Å². The van der Waals surface area contributed by atoms with Crippen LogP contribution in [-0.4, -0.2) is 97.8 Å². The molecule has 4 rings (SSSR count). The number of carboxylic acids is 1. The van der Waals surface area contributed by atoms with Gasteiger partial charge in [0.15, 0.2) is 5.71 Å². The van der Waals surface area contributed by atoms with E-state index in [1.165, 1.54) is 17.0 Å². The van der Waals surface area contributed by atoms with Crippen molar-refractivity contribution in [1.82, 2.24) is 0 Å². The van der Waals surface area contributed by atoms with Gasteiger partial charge >= 0.3 is 5.97 Å². The number of nitrogens with zero attached hydrogens (tertiary/aromatic N) is 2. The molecule has 0 saturated heterocycles. The van der Waals surface area contributed by atoms with E-state index in [0.717, 1.165) is 6.07 Å². The van der Waals surface area contributed by atoms with Gasteiger partial charge in [-0.05, 0) is 50.6 Å². The van der Waals surface area contributed by atoms with Gasteiger partial charge in [0.05, 0.1) is 27.4 Å². The summed E-state index contributed by atoms with van der Waals surface area (Å²) in [6, 6.07) is 6.10. The van der Waals surface area contributed by atoms with Crippen LogP contribution in [-0.2, 0) is 51.3 Å². The zero-order valence-electron chi connectivity index (χ0n) is 27.3. The number of carbonyl (C=O) groups is 1. The Balaban J connectivity index is 1.92. The maximum atomic E-state index is 12.6. The van der Waals surface area contributed by atoms with Crippen molar-refractivity contribution in [1.29, 1.82) is 0 Å². The first-order valence-electron chi connectivity index (χ1n) is 14.9. The highest BCUT2D eigenvalue weighted by Crippen LogP contribution is 2.51. The van der Waals surface area contributed by atoms with Gasteiger partial charge < -0.3 is 10.0 Å². The van der Waals surface area contributed by atoms with Crippen molar-refractivity contribution in [3.8, 4) is 0 Å². The van der Waals surface area contributed by atoms with Gasteiger partial charge in [-0.3, -0.25) is 18.2 Å². The molecule has 2 heterocycles. The topological polar surface area (TPSA) is 261 Å². The lowest BCUT2D eigenvalue weighted by molar-refractivity contribution is -0.437. The Labute approximate surface area is 290 Å². The summed E-state index contributed by atoms with van der Waals surface area (Å²) < 4.78 is 136. The molecule has 0 spiro atoms. The van der Waals surface area contributed by atoms with Gasteiger partial charge in [0.1, 0.15) is 11.4 Å². The predicted molar refractivity (Wildman–Crippen MR) is 182 cm³/mol. The molecule has 2 aliphatic rings. The molecule has 2 aliphatic heterocycles. The number of fused-ring (bicyclic) bond motifs is 2. The maximum absolute atomic E-state index is 12.6. The maximum Gasteiger partial charge on any atom is 0.335 e. The molecule has 16 nitrogen and oxygen atoms in total. The predicted octanol–water partition coefficient (Wildman–Crippen LogP) is 3.05. The summed E-state index contributed by atoms with van der Waals surface area (Å²) in [4.78, 5) is 11.5. The van der Waals surface area contributed by atoms with Gasteiger partial charge in [0, 0.05) is 53.0 Å². The van der Waals surface area contributed by atoms with Gasteiger partial charge in [-0.25, -0.2) is 4.79 Å². The summed E-state index contributed by atoms with van der Waals surface area (Å²) in [6.45, 7) is 6.70. The molecular formula is C30H37N2O14S4+. The summed E-state index contributed by atoms with van der Waals surface area (Å²) in [5.74, 6) is -2.40. The number of anilines is 1. The molecule has 0 unspecified atom stereocenters. The van der Waals surface area contributed by atoms with Crippen LogP contribution in [0.2, 0.25) is 0 Å². The van der Waals surface area contributed by atoms with E-state index in [2.05, 4.69) is 0 Å². The molecule has 0 atom stereocenters. The Morgan fingerprint density at radius 1 is 0.820 bits per heavy atom. The molecule has 0 amide bonds. The zero-order valence-corrected chi connectivity index (χ0v) is 30.6. The first kappa shape index (κ1) is 39.3. The monoisotopic (exact) mass is 777 g/mol. The molecule has 50 heavy (non-hydrogen) atoms. The quantitative estimate of drug-likeness (QED) is 0.145. The van der Waals surface area contributed by atoms with E-state index < -0.39 is 78.6 Å². The van der Waals surface area contributed by atoms with Gasteiger partial charge in [-0.1, -0.05) is 19.9 Å². The third-order valence-corrected chi connectivity index (χ3v) is 12.0. The van der Waals surface area contributed by atoms with Crippen LogP contribution in [0.15, 0.2) is 64.0 Å². The molecule has 2 aromatic carbocycles. The SMILES string of the molecule is CC1(C)C(/C=C/C=C2/N(CCCS(=O)(=O)O)c3cc(S(=O)(=O)O)cc(S(=O)(=O)O)c3C2(C)C)=[N+](CCCS(=O)(=O)O)c2ccc(C(=O)O)cc21. The number of rotatable bonds is 13. The highest BCUT2D eigenvalue weighted by atomic mass is 32.2. The van der Waals surface area contributed by atoms with Crippen LogP contribution >= 0.6 is 0 Å². The molecule has 0 saturated carbocycles. The lowest BCUT2D eigenvalue weighted by atomic mass is 9.80. The average Bonchev–Trinajstić information content (AvgIpc) is 3.29. The molecule has 0 radical (unpaired) electrons. The standard InChI is InChI=1S/C30H36N2O14S4/c1-29(2)21-16-19(28(33)34)10-11-22(21)31(12-6-14-47(35,36)37)25(29)8-5-9-26-30(3,4)27-23(32(26)13-7-15-48(38,39)40)17-20(49(41,42)43)18-24(27)50(44,45)46/h5,8-11,16-18H,6-7,12-15H2,1-4H3,(H4-,33,34,35,36,37,38,39,40,41,42,43,44,45,46)/p+1. The van der Waals surface area contributed by atoms with Crippen LogP contribution in [0.3, 0.4) is 0 Å². The lowest BCUT2D eigenvalue weighted by Crippen LogP contribution is -2.29. The van der Waals surface area contributed by atoms with Gasteiger partial charge in [-0.2, -0.15) is 38.2 Å². The number of hydrogen-bond donors (Lipinski definition) is 5. The van der Waals surface area contributed by atoms with Crippen molar-refractivity contribution in [2.24, 2.45) is 0 Å². The Morgan fingerprint density at radius 2 is 1.42 bits per heavy atom. The number of carboxylic acid groups (broad SMARTS) is 1. The zero-order chi connectivity index (χ0) is 37.8. The van der Waals surface area contributed by atoms with Gasteiger partial charge in [-0.15, -0.1) is 0 Å². The third-order valence-electron chi connectivity index (χ3n) is 8.69. The Morgan fingerprint density at radius 3 is 1.96 bits per heavy atom. The minimum atomic E-state index is -5.09. The lowest BCUT2D eigenvalue weighted by Gasteiger charge is -2.27. The van der Waals surface area contributed by atoms with E-state index in [1.54, 1.807) is 42.7 Å². The Bertz CT molecular complexity index is 2300. The molecule has 0 bridgehead atoms. The van der Waals surface area contributed by atoms with Crippen LogP contribution in [0.1, 0.15) is 62.0 Å². The van der Waals surface area contributed by atoms with Crippen LogP contribution < -0.4 is 4.90 Å². The van der Waals surface area contributed by atoms with Crippen molar-refractivity contribution in [2.75, 3.05) is 29.5 Å². The number of allylic oxidation sites excluding steroid dienone is 4. The normalized spacial score (nSPS) is 18.2.